The number of carbonyl (C=O) groups is 1. The van der Waals surface area contributed by atoms with Gasteiger partial charge in [-0.05, 0) is 35.9 Å². The van der Waals surface area contributed by atoms with Crippen LogP contribution in [0.25, 0.3) is 10.7 Å². The van der Waals surface area contributed by atoms with Gasteiger partial charge in [-0.25, -0.2) is 0 Å². The number of nitrogens with zero attached hydrogens (tertiary/aromatic N) is 3. The molecule has 140 valence electrons. The number of benzene rings is 1. The molecule has 0 bridgehead atoms. The largest absolute Gasteiger partial charge is 0.360 e. The lowest BCUT2D eigenvalue weighted by Gasteiger charge is -2.08. The van der Waals surface area contributed by atoms with Crippen molar-refractivity contribution in [1.82, 2.24) is 15.3 Å². The molecule has 1 saturated carbocycles. The summed E-state index contributed by atoms with van der Waals surface area (Å²) in [7, 11) is 0. The predicted octanol–water partition coefficient (Wildman–Crippen LogP) is 4.51. The van der Waals surface area contributed by atoms with Crippen molar-refractivity contribution in [1.29, 1.82) is 0 Å². The van der Waals surface area contributed by atoms with Crippen molar-refractivity contribution in [2.45, 2.75) is 25.2 Å². The fourth-order valence-electron chi connectivity index (χ4n) is 2.93. The molecule has 0 spiro atoms. The summed E-state index contributed by atoms with van der Waals surface area (Å²) >= 11 is 1.56. The fourth-order valence-corrected chi connectivity index (χ4v) is 3.58. The van der Waals surface area contributed by atoms with Crippen LogP contribution in [-0.4, -0.2) is 21.2 Å². The van der Waals surface area contributed by atoms with Gasteiger partial charge < -0.3 is 14.4 Å². The topological polar surface area (TPSA) is 94.1 Å². The van der Waals surface area contributed by atoms with Crippen molar-refractivity contribution in [3.05, 3.63) is 70.8 Å². The van der Waals surface area contributed by atoms with E-state index in [-0.39, 0.29) is 11.6 Å². The Labute approximate surface area is 164 Å². The number of hydrogen-bond donors (Lipinski definition) is 1. The van der Waals surface area contributed by atoms with Crippen LogP contribution >= 0.6 is 11.3 Å². The summed E-state index contributed by atoms with van der Waals surface area (Å²) in [5.41, 5.74) is 1.84. The SMILES string of the molecule is O=C(Nc1ccccc1Cc1nc(-c2cccs2)no1)c1cc(C2CC2)on1. The van der Waals surface area contributed by atoms with Crippen molar-refractivity contribution in [3.63, 3.8) is 0 Å². The van der Waals surface area contributed by atoms with E-state index in [1.54, 1.807) is 17.4 Å². The molecule has 3 heterocycles. The maximum Gasteiger partial charge on any atom is 0.277 e. The quantitative estimate of drug-likeness (QED) is 0.519. The minimum Gasteiger partial charge on any atom is -0.360 e. The molecule has 1 aromatic carbocycles. The third kappa shape index (κ3) is 3.46. The maximum atomic E-state index is 12.6. The monoisotopic (exact) mass is 392 g/mol. The van der Waals surface area contributed by atoms with E-state index in [2.05, 4.69) is 20.6 Å². The summed E-state index contributed by atoms with van der Waals surface area (Å²) in [5.74, 6) is 1.96. The molecule has 0 atom stereocenters. The van der Waals surface area contributed by atoms with Crippen molar-refractivity contribution in [2.75, 3.05) is 5.32 Å². The maximum absolute atomic E-state index is 12.6. The zero-order valence-corrected chi connectivity index (χ0v) is 15.6. The van der Waals surface area contributed by atoms with Crippen LogP contribution in [0.3, 0.4) is 0 Å². The van der Waals surface area contributed by atoms with Gasteiger partial charge in [-0.2, -0.15) is 4.98 Å². The van der Waals surface area contributed by atoms with Crippen LogP contribution in [0.2, 0.25) is 0 Å². The molecule has 1 aliphatic rings. The molecule has 3 aromatic heterocycles. The Balaban J connectivity index is 1.33. The lowest BCUT2D eigenvalue weighted by atomic mass is 10.1. The highest BCUT2D eigenvalue weighted by molar-refractivity contribution is 7.13. The summed E-state index contributed by atoms with van der Waals surface area (Å²) in [5, 5.41) is 12.8. The Kier molecular flexibility index (Phi) is 4.25. The highest BCUT2D eigenvalue weighted by atomic mass is 32.1. The van der Waals surface area contributed by atoms with Gasteiger partial charge in [-0.3, -0.25) is 4.79 Å². The first-order valence-corrected chi connectivity index (χ1v) is 9.86. The predicted molar refractivity (Wildman–Crippen MR) is 103 cm³/mol. The van der Waals surface area contributed by atoms with Crippen molar-refractivity contribution >= 4 is 22.9 Å². The molecule has 8 heteroatoms. The van der Waals surface area contributed by atoms with Crippen LogP contribution in [0.5, 0.6) is 0 Å². The van der Waals surface area contributed by atoms with Crippen molar-refractivity contribution < 1.29 is 13.8 Å². The van der Waals surface area contributed by atoms with E-state index >= 15 is 0 Å². The first-order valence-electron chi connectivity index (χ1n) is 8.98. The van der Waals surface area contributed by atoms with Gasteiger partial charge in [-0.15, -0.1) is 11.3 Å². The van der Waals surface area contributed by atoms with Crippen LogP contribution in [0.4, 0.5) is 5.69 Å². The van der Waals surface area contributed by atoms with Gasteiger partial charge in [0.1, 0.15) is 5.76 Å². The summed E-state index contributed by atoms with van der Waals surface area (Å²) in [6, 6.07) is 13.1. The molecule has 5 rings (SSSR count). The van der Waals surface area contributed by atoms with Crippen LogP contribution in [0.1, 0.15) is 46.5 Å². The normalized spacial score (nSPS) is 13.6. The Bertz CT molecular complexity index is 1110. The fraction of sp³-hybridized carbons (Fsp3) is 0.200. The second-order valence-corrected chi connectivity index (χ2v) is 7.61. The number of amides is 1. The molecule has 0 unspecified atom stereocenters. The Hall–Kier alpha value is -3.26. The van der Waals surface area contributed by atoms with Crippen LogP contribution in [-0.2, 0) is 6.42 Å². The number of anilines is 1. The van der Waals surface area contributed by atoms with E-state index in [0.29, 0.717) is 29.7 Å². The number of rotatable bonds is 6. The summed E-state index contributed by atoms with van der Waals surface area (Å²) in [6.45, 7) is 0. The molecule has 0 radical (unpaired) electrons. The van der Waals surface area contributed by atoms with E-state index in [1.165, 1.54) is 0 Å². The van der Waals surface area contributed by atoms with E-state index in [4.69, 9.17) is 9.05 Å². The Morgan fingerprint density at radius 1 is 1.14 bits per heavy atom. The third-order valence-electron chi connectivity index (χ3n) is 4.56. The number of aromatic nitrogens is 3. The lowest BCUT2D eigenvalue weighted by molar-refractivity contribution is 0.101. The molecule has 1 fully saturated rings. The molecule has 1 N–H and O–H groups in total. The molecule has 28 heavy (non-hydrogen) atoms. The van der Waals surface area contributed by atoms with Gasteiger partial charge >= 0.3 is 0 Å². The number of hydrogen-bond acceptors (Lipinski definition) is 7. The molecule has 4 aromatic rings. The highest BCUT2D eigenvalue weighted by Gasteiger charge is 2.29. The first kappa shape index (κ1) is 16.9. The summed E-state index contributed by atoms with van der Waals surface area (Å²) in [4.78, 5) is 18.0. The average Bonchev–Trinajstić information content (AvgIpc) is 3.13. The minimum absolute atomic E-state index is 0.287. The Morgan fingerprint density at radius 3 is 2.86 bits per heavy atom. The van der Waals surface area contributed by atoms with Gasteiger partial charge in [0.2, 0.25) is 11.7 Å². The summed E-state index contributed by atoms with van der Waals surface area (Å²) in [6.07, 6.45) is 2.61. The average molecular weight is 392 g/mol. The van der Waals surface area contributed by atoms with Crippen LogP contribution < -0.4 is 5.32 Å². The van der Waals surface area contributed by atoms with Gasteiger partial charge in [0.05, 0.1) is 11.3 Å². The molecule has 0 saturated heterocycles. The zero-order valence-electron chi connectivity index (χ0n) is 14.8. The minimum atomic E-state index is -0.298. The highest BCUT2D eigenvalue weighted by Crippen LogP contribution is 2.40. The van der Waals surface area contributed by atoms with Crippen LogP contribution in [0.15, 0.2) is 56.9 Å². The molecule has 1 aliphatic carbocycles. The molecule has 7 nitrogen and oxygen atoms in total. The number of nitrogens with one attached hydrogen (secondary N) is 1. The van der Waals surface area contributed by atoms with Gasteiger partial charge in [0, 0.05) is 17.7 Å². The second kappa shape index (κ2) is 7.05. The van der Waals surface area contributed by atoms with Gasteiger partial charge in [0.15, 0.2) is 5.69 Å². The smallest absolute Gasteiger partial charge is 0.277 e. The number of para-hydroxylation sites is 1. The van der Waals surface area contributed by atoms with E-state index in [1.807, 2.05) is 41.8 Å². The van der Waals surface area contributed by atoms with Crippen molar-refractivity contribution in [2.24, 2.45) is 0 Å². The number of thiophene rings is 1. The van der Waals surface area contributed by atoms with Gasteiger partial charge in [0.25, 0.3) is 5.91 Å². The van der Waals surface area contributed by atoms with Crippen LogP contribution in [0, 0.1) is 0 Å². The van der Waals surface area contributed by atoms with E-state index in [0.717, 1.165) is 29.0 Å². The Morgan fingerprint density at radius 2 is 2.04 bits per heavy atom. The van der Waals surface area contributed by atoms with Crippen molar-refractivity contribution in [3.8, 4) is 10.7 Å². The molecular weight excluding hydrogens is 376 g/mol. The first-order chi connectivity index (χ1) is 13.8. The third-order valence-corrected chi connectivity index (χ3v) is 5.42. The molecule has 1 amide bonds. The lowest BCUT2D eigenvalue weighted by Crippen LogP contribution is -2.13. The summed E-state index contributed by atoms with van der Waals surface area (Å²) < 4.78 is 10.6. The van der Waals surface area contributed by atoms with Gasteiger partial charge in [-0.1, -0.05) is 34.6 Å². The standard InChI is InChI=1S/C20H16N4O3S/c25-20(15-11-16(26-23-15)12-7-8-12)21-14-5-2-1-4-13(14)10-18-22-19(24-27-18)17-6-3-9-28-17/h1-6,9,11-12H,7-8,10H2,(H,21,25). The molecular formula is C20H16N4O3S. The zero-order chi connectivity index (χ0) is 18.9. The van der Waals surface area contributed by atoms with E-state index < -0.39 is 0 Å². The molecule has 0 aliphatic heterocycles. The van der Waals surface area contributed by atoms with E-state index in [9.17, 15) is 4.79 Å². The number of carbonyl (C=O) groups excluding carboxylic acids is 1. The second-order valence-electron chi connectivity index (χ2n) is 6.67.